The SMILES string of the molecule is C[C@@H](C(=O)Nc1cc(C#N)ccc1CCCC(=O)O)c1cccc2ccccc12. The van der Waals surface area contributed by atoms with Crippen LogP contribution in [0.15, 0.2) is 60.7 Å². The third-order valence-electron chi connectivity index (χ3n) is 5.02. The average molecular weight is 386 g/mol. The Bertz CT molecular complexity index is 1090. The first-order valence-corrected chi connectivity index (χ1v) is 9.53. The van der Waals surface area contributed by atoms with E-state index in [1.54, 1.807) is 18.2 Å². The summed E-state index contributed by atoms with van der Waals surface area (Å²) in [7, 11) is 0. The van der Waals surface area contributed by atoms with E-state index in [-0.39, 0.29) is 12.3 Å². The fourth-order valence-electron chi connectivity index (χ4n) is 3.42. The van der Waals surface area contributed by atoms with Gasteiger partial charge >= 0.3 is 5.97 Å². The number of carboxylic acid groups (broad SMARTS) is 1. The second-order valence-electron chi connectivity index (χ2n) is 7.01. The highest BCUT2D eigenvalue weighted by atomic mass is 16.4. The lowest BCUT2D eigenvalue weighted by Crippen LogP contribution is -2.20. The minimum Gasteiger partial charge on any atom is -0.481 e. The number of carbonyl (C=O) groups excluding carboxylic acids is 1. The first-order valence-electron chi connectivity index (χ1n) is 9.53. The van der Waals surface area contributed by atoms with Crippen LogP contribution in [0.5, 0.6) is 0 Å². The molecule has 5 nitrogen and oxygen atoms in total. The lowest BCUT2D eigenvalue weighted by molar-refractivity contribution is -0.137. The monoisotopic (exact) mass is 386 g/mol. The van der Waals surface area contributed by atoms with Crippen LogP contribution in [0.2, 0.25) is 0 Å². The Morgan fingerprint density at radius 3 is 2.62 bits per heavy atom. The van der Waals surface area contributed by atoms with E-state index in [1.807, 2.05) is 49.4 Å². The largest absolute Gasteiger partial charge is 0.481 e. The molecule has 0 aliphatic carbocycles. The highest BCUT2D eigenvalue weighted by Crippen LogP contribution is 2.28. The zero-order valence-electron chi connectivity index (χ0n) is 16.2. The van der Waals surface area contributed by atoms with Crippen LogP contribution in [-0.4, -0.2) is 17.0 Å². The number of carbonyl (C=O) groups is 2. The lowest BCUT2D eigenvalue weighted by atomic mass is 9.94. The normalized spacial score (nSPS) is 11.6. The van der Waals surface area contributed by atoms with Crippen LogP contribution in [0.4, 0.5) is 5.69 Å². The number of amides is 1. The van der Waals surface area contributed by atoms with Crippen LogP contribution in [0, 0.1) is 11.3 Å². The quantitative estimate of drug-likeness (QED) is 0.607. The number of carboxylic acids is 1. The van der Waals surface area contributed by atoms with Crippen molar-refractivity contribution in [3.05, 3.63) is 77.4 Å². The molecule has 0 saturated carbocycles. The van der Waals surface area contributed by atoms with Crippen molar-refractivity contribution in [2.24, 2.45) is 0 Å². The molecule has 2 N–H and O–H groups in total. The summed E-state index contributed by atoms with van der Waals surface area (Å²) in [5, 5.41) is 23.1. The molecule has 3 rings (SSSR count). The zero-order chi connectivity index (χ0) is 20.8. The molecule has 0 aromatic heterocycles. The van der Waals surface area contributed by atoms with Crippen molar-refractivity contribution in [2.45, 2.75) is 32.1 Å². The molecule has 0 saturated heterocycles. The van der Waals surface area contributed by atoms with E-state index in [4.69, 9.17) is 5.11 Å². The van der Waals surface area contributed by atoms with Gasteiger partial charge in [0.25, 0.3) is 0 Å². The summed E-state index contributed by atoms with van der Waals surface area (Å²) in [5.74, 6) is -1.41. The van der Waals surface area contributed by atoms with E-state index in [0.717, 1.165) is 21.9 Å². The third kappa shape index (κ3) is 4.80. The molecule has 0 heterocycles. The van der Waals surface area contributed by atoms with E-state index in [9.17, 15) is 14.9 Å². The molecule has 0 unspecified atom stereocenters. The maximum atomic E-state index is 13.0. The van der Waals surface area contributed by atoms with Crippen LogP contribution in [-0.2, 0) is 16.0 Å². The van der Waals surface area contributed by atoms with Crippen LogP contribution < -0.4 is 5.32 Å². The van der Waals surface area contributed by atoms with Gasteiger partial charge in [-0.1, -0.05) is 48.5 Å². The number of fused-ring (bicyclic) bond motifs is 1. The molecular formula is C24H22N2O3. The molecular weight excluding hydrogens is 364 g/mol. The van der Waals surface area contributed by atoms with Gasteiger partial charge in [0.05, 0.1) is 17.6 Å². The number of aliphatic carboxylic acids is 1. The van der Waals surface area contributed by atoms with Gasteiger partial charge in [-0.25, -0.2) is 0 Å². The molecule has 0 radical (unpaired) electrons. The Balaban J connectivity index is 1.85. The molecule has 0 spiro atoms. The van der Waals surface area contributed by atoms with Crippen molar-refractivity contribution in [2.75, 3.05) is 5.32 Å². The predicted octanol–water partition coefficient (Wildman–Crippen LogP) is 4.86. The van der Waals surface area contributed by atoms with E-state index >= 15 is 0 Å². The molecule has 5 heteroatoms. The van der Waals surface area contributed by atoms with Gasteiger partial charge in [0.2, 0.25) is 5.91 Å². The van der Waals surface area contributed by atoms with Gasteiger partial charge in [0.1, 0.15) is 0 Å². The first kappa shape index (κ1) is 20.1. The highest BCUT2D eigenvalue weighted by molar-refractivity contribution is 5.99. The molecule has 29 heavy (non-hydrogen) atoms. The number of aryl methyl sites for hydroxylation is 1. The summed E-state index contributed by atoms with van der Waals surface area (Å²) in [5.41, 5.74) is 2.76. The first-order chi connectivity index (χ1) is 14.0. The van der Waals surface area contributed by atoms with Crippen molar-refractivity contribution < 1.29 is 14.7 Å². The van der Waals surface area contributed by atoms with Crippen LogP contribution in [0.1, 0.15) is 42.4 Å². The minimum absolute atomic E-state index is 0.0554. The van der Waals surface area contributed by atoms with Crippen molar-refractivity contribution in [3.63, 3.8) is 0 Å². The van der Waals surface area contributed by atoms with Crippen LogP contribution >= 0.6 is 0 Å². The standard InChI is InChI=1S/C24H22N2O3/c1-16(20-10-4-7-18-6-2-3-9-21(18)20)24(29)26-22-14-17(15-25)12-13-19(22)8-5-11-23(27)28/h2-4,6-7,9-10,12-14,16H,5,8,11H2,1H3,(H,26,29)(H,27,28)/t16-/m1/s1. The number of benzene rings is 3. The van der Waals surface area contributed by atoms with Crippen molar-refractivity contribution in [1.29, 1.82) is 5.26 Å². The van der Waals surface area contributed by atoms with Gasteiger partial charge in [0, 0.05) is 12.1 Å². The van der Waals surface area contributed by atoms with Crippen molar-refractivity contribution >= 4 is 28.3 Å². The Morgan fingerprint density at radius 2 is 1.86 bits per heavy atom. The molecule has 0 bridgehead atoms. The van der Waals surface area contributed by atoms with E-state index in [0.29, 0.717) is 24.1 Å². The van der Waals surface area contributed by atoms with Crippen LogP contribution in [0.3, 0.4) is 0 Å². The van der Waals surface area contributed by atoms with Crippen molar-refractivity contribution in [3.8, 4) is 6.07 Å². The number of nitriles is 1. The van der Waals surface area contributed by atoms with Crippen LogP contribution in [0.25, 0.3) is 10.8 Å². The van der Waals surface area contributed by atoms with E-state index < -0.39 is 11.9 Å². The average Bonchev–Trinajstić information content (AvgIpc) is 2.73. The molecule has 0 aliphatic heterocycles. The number of nitrogens with zero attached hydrogens (tertiary/aromatic N) is 1. The highest BCUT2D eigenvalue weighted by Gasteiger charge is 2.19. The minimum atomic E-state index is -0.853. The topological polar surface area (TPSA) is 90.2 Å². The number of hydrogen-bond donors (Lipinski definition) is 2. The molecule has 3 aromatic rings. The molecule has 146 valence electrons. The lowest BCUT2D eigenvalue weighted by Gasteiger charge is -2.17. The van der Waals surface area contributed by atoms with Gasteiger partial charge in [-0.05, 0) is 53.8 Å². The summed E-state index contributed by atoms with van der Waals surface area (Å²) in [6.45, 7) is 1.86. The summed E-state index contributed by atoms with van der Waals surface area (Å²) in [4.78, 5) is 23.8. The molecule has 1 amide bonds. The summed E-state index contributed by atoms with van der Waals surface area (Å²) < 4.78 is 0. The molecule has 3 aromatic carbocycles. The Morgan fingerprint density at radius 1 is 1.10 bits per heavy atom. The molecule has 1 atom stereocenters. The maximum Gasteiger partial charge on any atom is 0.303 e. The second-order valence-corrected chi connectivity index (χ2v) is 7.01. The maximum absolute atomic E-state index is 13.0. The second kappa shape index (κ2) is 9.03. The summed E-state index contributed by atoms with van der Waals surface area (Å²) >= 11 is 0. The number of nitrogens with one attached hydrogen (secondary N) is 1. The smallest absolute Gasteiger partial charge is 0.303 e. The fourth-order valence-corrected chi connectivity index (χ4v) is 3.42. The Labute approximate surface area is 169 Å². The van der Waals surface area contributed by atoms with Gasteiger partial charge in [-0.3, -0.25) is 9.59 Å². The van der Waals surface area contributed by atoms with Gasteiger partial charge < -0.3 is 10.4 Å². The number of anilines is 1. The third-order valence-corrected chi connectivity index (χ3v) is 5.02. The predicted molar refractivity (Wildman–Crippen MR) is 113 cm³/mol. The zero-order valence-corrected chi connectivity index (χ0v) is 16.2. The van der Waals surface area contributed by atoms with Gasteiger partial charge in [-0.2, -0.15) is 5.26 Å². The van der Waals surface area contributed by atoms with Gasteiger partial charge in [-0.15, -0.1) is 0 Å². The van der Waals surface area contributed by atoms with Crippen molar-refractivity contribution in [1.82, 2.24) is 0 Å². The molecule has 0 fully saturated rings. The number of rotatable bonds is 7. The fraction of sp³-hybridized carbons (Fsp3) is 0.208. The Hall–Kier alpha value is -3.65. The van der Waals surface area contributed by atoms with Gasteiger partial charge in [0.15, 0.2) is 0 Å². The summed E-state index contributed by atoms with van der Waals surface area (Å²) in [6, 6.07) is 21.0. The Kier molecular flexibility index (Phi) is 6.25. The van der Waals surface area contributed by atoms with E-state index in [1.165, 1.54) is 0 Å². The summed E-state index contributed by atoms with van der Waals surface area (Å²) in [6.07, 6.45) is 1.03. The van der Waals surface area contributed by atoms with E-state index in [2.05, 4.69) is 11.4 Å². The number of hydrogen-bond acceptors (Lipinski definition) is 3. The molecule has 0 aliphatic rings.